The summed E-state index contributed by atoms with van der Waals surface area (Å²) in [6.07, 6.45) is 1.23. The van der Waals surface area contributed by atoms with Crippen molar-refractivity contribution in [3.8, 4) is 0 Å². The molecule has 2 rings (SSSR count). The fraction of sp³-hybridized carbons (Fsp3) is 0.625. The lowest BCUT2D eigenvalue weighted by molar-refractivity contribution is 0.196. The van der Waals surface area contributed by atoms with Gasteiger partial charge in [-0.2, -0.15) is 0 Å². The third-order valence-electron chi connectivity index (χ3n) is 4.54. The molecule has 0 saturated carbocycles. The Bertz CT molecular complexity index is 430. The molecule has 0 amide bonds. The Morgan fingerprint density at radius 2 is 1.95 bits per heavy atom. The Morgan fingerprint density at radius 3 is 2.68 bits per heavy atom. The summed E-state index contributed by atoms with van der Waals surface area (Å²) >= 11 is 0. The topological polar surface area (TPSA) is 32.5 Å². The molecule has 2 unspecified atom stereocenters. The van der Waals surface area contributed by atoms with Gasteiger partial charge in [0.15, 0.2) is 0 Å². The van der Waals surface area contributed by atoms with Crippen molar-refractivity contribution >= 4 is 0 Å². The molecule has 0 radical (unpaired) electrons. The molecular weight excluding hydrogens is 234 g/mol. The summed E-state index contributed by atoms with van der Waals surface area (Å²) in [5.41, 5.74) is 10.6. The monoisotopic (exact) mass is 261 g/mol. The number of hydrogen-bond donors (Lipinski definition) is 1. The highest BCUT2D eigenvalue weighted by Crippen LogP contribution is 2.25. The predicted octanol–water partition coefficient (Wildman–Crippen LogP) is 1.94. The summed E-state index contributed by atoms with van der Waals surface area (Å²) in [7, 11) is 4.40. The average molecular weight is 261 g/mol. The van der Waals surface area contributed by atoms with E-state index in [1.54, 1.807) is 0 Å². The third kappa shape index (κ3) is 3.16. The molecule has 0 aromatic heterocycles. The van der Waals surface area contributed by atoms with E-state index in [2.05, 4.69) is 55.9 Å². The van der Waals surface area contributed by atoms with Crippen molar-refractivity contribution in [2.75, 3.05) is 33.7 Å². The Kier molecular flexibility index (Phi) is 4.61. The van der Waals surface area contributed by atoms with Crippen LogP contribution in [0.3, 0.4) is 0 Å². The second kappa shape index (κ2) is 6.04. The normalized spacial score (nSPS) is 24.2. The van der Waals surface area contributed by atoms with Crippen LogP contribution in [0.5, 0.6) is 0 Å². The fourth-order valence-electron chi connectivity index (χ4n) is 3.04. The predicted molar refractivity (Wildman–Crippen MR) is 81.4 cm³/mol. The van der Waals surface area contributed by atoms with Crippen LogP contribution >= 0.6 is 0 Å². The van der Waals surface area contributed by atoms with Crippen LogP contribution < -0.4 is 5.73 Å². The number of rotatable bonds is 2. The van der Waals surface area contributed by atoms with Crippen LogP contribution in [0.4, 0.5) is 0 Å². The molecule has 1 fully saturated rings. The van der Waals surface area contributed by atoms with E-state index in [0.29, 0.717) is 6.04 Å². The number of likely N-dealkylation sites (N-methyl/N-ethyl adjacent to an activating group) is 2. The van der Waals surface area contributed by atoms with Gasteiger partial charge in [-0.05, 0) is 64.1 Å². The third-order valence-corrected chi connectivity index (χ3v) is 4.54. The maximum atomic E-state index is 6.59. The summed E-state index contributed by atoms with van der Waals surface area (Å²) in [6.45, 7) is 7.69. The number of nitrogens with two attached hydrogens (primary N) is 1. The quantitative estimate of drug-likeness (QED) is 0.883. The molecule has 1 aliphatic rings. The lowest BCUT2D eigenvalue weighted by Gasteiger charge is -2.33. The molecule has 0 spiro atoms. The molecule has 1 aromatic rings. The van der Waals surface area contributed by atoms with Crippen molar-refractivity contribution in [1.29, 1.82) is 0 Å². The molecule has 0 aliphatic carbocycles. The van der Waals surface area contributed by atoms with E-state index in [9.17, 15) is 0 Å². The van der Waals surface area contributed by atoms with E-state index in [-0.39, 0.29) is 6.04 Å². The number of nitrogens with zero attached hydrogens (tertiary/aromatic N) is 2. The van der Waals surface area contributed by atoms with E-state index < -0.39 is 0 Å². The summed E-state index contributed by atoms with van der Waals surface area (Å²) in [4.78, 5) is 4.83. The maximum absolute atomic E-state index is 6.59. The van der Waals surface area contributed by atoms with Crippen LogP contribution in [-0.4, -0.2) is 49.6 Å². The van der Waals surface area contributed by atoms with Gasteiger partial charge in [-0.25, -0.2) is 0 Å². The van der Waals surface area contributed by atoms with Crippen LogP contribution in [0.2, 0.25) is 0 Å². The Labute approximate surface area is 117 Å². The lowest BCUT2D eigenvalue weighted by Crippen LogP contribution is -2.45. The van der Waals surface area contributed by atoms with Gasteiger partial charge < -0.3 is 15.5 Å². The van der Waals surface area contributed by atoms with Gasteiger partial charge in [-0.1, -0.05) is 18.2 Å². The maximum Gasteiger partial charge on any atom is 0.0468 e. The molecule has 2 N–H and O–H groups in total. The number of benzene rings is 1. The van der Waals surface area contributed by atoms with Crippen molar-refractivity contribution in [1.82, 2.24) is 9.80 Å². The van der Waals surface area contributed by atoms with E-state index in [0.717, 1.165) is 13.1 Å². The minimum absolute atomic E-state index is 0.0884. The van der Waals surface area contributed by atoms with Crippen molar-refractivity contribution in [2.45, 2.75) is 32.4 Å². The van der Waals surface area contributed by atoms with Crippen LogP contribution in [0.15, 0.2) is 18.2 Å². The van der Waals surface area contributed by atoms with Crippen LogP contribution in [0.1, 0.15) is 29.2 Å². The van der Waals surface area contributed by atoms with Gasteiger partial charge >= 0.3 is 0 Å². The van der Waals surface area contributed by atoms with E-state index >= 15 is 0 Å². The molecule has 3 nitrogen and oxygen atoms in total. The SMILES string of the molecule is Cc1cccc(C(N)C2CN(C)CCCN2C)c1C. The summed E-state index contributed by atoms with van der Waals surface area (Å²) in [6, 6.07) is 6.96. The second-order valence-electron chi connectivity index (χ2n) is 5.98. The van der Waals surface area contributed by atoms with Gasteiger partial charge in [-0.3, -0.25) is 0 Å². The average Bonchev–Trinajstić information content (AvgIpc) is 2.54. The first-order chi connectivity index (χ1) is 9.00. The first-order valence-electron chi connectivity index (χ1n) is 7.21. The van der Waals surface area contributed by atoms with Crippen molar-refractivity contribution in [2.24, 2.45) is 5.73 Å². The molecule has 0 bridgehead atoms. The summed E-state index contributed by atoms with van der Waals surface area (Å²) in [5.74, 6) is 0. The molecule has 2 atom stereocenters. The number of hydrogen-bond acceptors (Lipinski definition) is 3. The molecular formula is C16H27N3. The molecule has 106 valence electrons. The zero-order valence-corrected chi connectivity index (χ0v) is 12.7. The van der Waals surface area contributed by atoms with Crippen molar-refractivity contribution < 1.29 is 0 Å². The highest BCUT2D eigenvalue weighted by molar-refractivity contribution is 5.36. The highest BCUT2D eigenvalue weighted by atomic mass is 15.2. The first-order valence-corrected chi connectivity index (χ1v) is 7.21. The molecule has 1 saturated heterocycles. The highest BCUT2D eigenvalue weighted by Gasteiger charge is 2.27. The lowest BCUT2D eigenvalue weighted by atomic mass is 9.92. The second-order valence-corrected chi connectivity index (χ2v) is 5.98. The van der Waals surface area contributed by atoms with Gasteiger partial charge in [0.1, 0.15) is 0 Å². The molecule has 19 heavy (non-hydrogen) atoms. The van der Waals surface area contributed by atoms with Gasteiger partial charge in [0, 0.05) is 18.6 Å². The van der Waals surface area contributed by atoms with E-state index in [1.165, 1.54) is 29.7 Å². The molecule has 1 aliphatic heterocycles. The standard InChI is InChI=1S/C16H27N3/c1-12-7-5-8-14(13(12)2)16(17)15-11-18(3)9-6-10-19(15)4/h5,7-8,15-16H,6,9-11,17H2,1-4H3. The van der Waals surface area contributed by atoms with E-state index in [4.69, 9.17) is 5.73 Å². The van der Waals surface area contributed by atoms with E-state index in [1.807, 2.05) is 0 Å². The van der Waals surface area contributed by atoms with Crippen LogP contribution in [-0.2, 0) is 0 Å². The largest absolute Gasteiger partial charge is 0.323 e. The molecule has 3 heteroatoms. The smallest absolute Gasteiger partial charge is 0.0468 e. The zero-order valence-electron chi connectivity index (χ0n) is 12.7. The zero-order chi connectivity index (χ0) is 14.0. The van der Waals surface area contributed by atoms with Crippen molar-refractivity contribution in [3.05, 3.63) is 34.9 Å². The Hall–Kier alpha value is -0.900. The van der Waals surface area contributed by atoms with Crippen LogP contribution in [0, 0.1) is 13.8 Å². The van der Waals surface area contributed by atoms with Gasteiger partial charge in [0.25, 0.3) is 0 Å². The molecule has 1 aromatic carbocycles. The first kappa shape index (κ1) is 14.5. The van der Waals surface area contributed by atoms with Crippen LogP contribution in [0.25, 0.3) is 0 Å². The minimum atomic E-state index is 0.0884. The van der Waals surface area contributed by atoms with Gasteiger partial charge in [0.2, 0.25) is 0 Å². The number of aryl methyl sites for hydroxylation is 1. The Morgan fingerprint density at radius 1 is 1.21 bits per heavy atom. The van der Waals surface area contributed by atoms with Gasteiger partial charge in [-0.15, -0.1) is 0 Å². The van der Waals surface area contributed by atoms with Gasteiger partial charge in [0.05, 0.1) is 0 Å². The molecule has 1 heterocycles. The minimum Gasteiger partial charge on any atom is -0.323 e. The Balaban J connectivity index is 2.26. The fourth-order valence-corrected chi connectivity index (χ4v) is 3.04. The van der Waals surface area contributed by atoms with Crippen molar-refractivity contribution in [3.63, 3.8) is 0 Å². The summed E-state index contributed by atoms with van der Waals surface area (Å²) in [5, 5.41) is 0. The summed E-state index contributed by atoms with van der Waals surface area (Å²) < 4.78 is 0.